The number of thiocarbonyl (C=S) groups is 1. The molecule has 3 aromatic rings. The van der Waals surface area contributed by atoms with Crippen LogP contribution in [0.2, 0.25) is 0 Å². The van der Waals surface area contributed by atoms with Crippen LogP contribution < -0.4 is 10.2 Å². The van der Waals surface area contributed by atoms with E-state index in [1.54, 1.807) is 6.08 Å². The van der Waals surface area contributed by atoms with E-state index >= 15 is 0 Å². The van der Waals surface area contributed by atoms with Gasteiger partial charge in [-0.25, -0.2) is 0 Å². The molecule has 0 radical (unpaired) electrons. The van der Waals surface area contributed by atoms with E-state index in [2.05, 4.69) is 25.2 Å². The van der Waals surface area contributed by atoms with Crippen LogP contribution in [0.3, 0.4) is 0 Å². The van der Waals surface area contributed by atoms with Crippen molar-refractivity contribution in [2.75, 3.05) is 4.90 Å². The molecule has 1 aromatic heterocycles. The highest BCUT2D eigenvalue weighted by Crippen LogP contribution is 2.26. The molecule has 1 aliphatic heterocycles. The predicted molar refractivity (Wildman–Crippen MR) is 132 cm³/mol. The largest absolute Gasteiger partial charge is 0.317 e. The van der Waals surface area contributed by atoms with E-state index in [9.17, 15) is 9.59 Å². The summed E-state index contributed by atoms with van der Waals surface area (Å²) in [5, 5.41) is 2.74. The fourth-order valence-corrected chi connectivity index (χ4v) is 4.14. The monoisotopic (exact) mass is 443 g/mol. The summed E-state index contributed by atoms with van der Waals surface area (Å²) >= 11 is 5.32. The Morgan fingerprint density at radius 3 is 2.38 bits per heavy atom. The number of aryl methyl sites for hydroxylation is 2. The molecular weight excluding hydrogens is 418 g/mol. The molecule has 0 unspecified atom stereocenters. The average Bonchev–Trinajstić information content (AvgIpc) is 3.19. The quantitative estimate of drug-likeness (QED) is 0.349. The van der Waals surface area contributed by atoms with E-state index in [1.807, 2.05) is 73.1 Å². The van der Waals surface area contributed by atoms with Crippen LogP contribution in [0.5, 0.6) is 0 Å². The van der Waals surface area contributed by atoms with Crippen molar-refractivity contribution < 1.29 is 9.59 Å². The van der Waals surface area contributed by atoms with E-state index in [4.69, 9.17) is 12.2 Å². The van der Waals surface area contributed by atoms with Crippen molar-refractivity contribution in [2.45, 2.75) is 33.6 Å². The van der Waals surface area contributed by atoms with Gasteiger partial charge in [0.2, 0.25) is 0 Å². The number of aromatic nitrogens is 1. The Bertz CT molecular complexity index is 1250. The summed E-state index contributed by atoms with van der Waals surface area (Å²) in [4.78, 5) is 27.4. The summed E-state index contributed by atoms with van der Waals surface area (Å²) in [7, 11) is 0. The second-order valence-electron chi connectivity index (χ2n) is 8.30. The lowest BCUT2D eigenvalue weighted by atomic mass is 10.0. The predicted octanol–water partition coefficient (Wildman–Crippen LogP) is 5.05. The van der Waals surface area contributed by atoms with E-state index in [0.717, 1.165) is 22.5 Å². The maximum absolute atomic E-state index is 13.4. The number of hydrogen-bond donors (Lipinski definition) is 1. The number of anilines is 1. The van der Waals surface area contributed by atoms with Crippen LogP contribution in [0.25, 0.3) is 11.8 Å². The normalized spacial score (nSPS) is 15.6. The second kappa shape index (κ2) is 8.55. The van der Waals surface area contributed by atoms with Crippen LogP contribution in [0.15, 0.2) is 66.4 Å². The van der Waals surface area contributed by atoms with Gasteiger partial charge >= 0.3 is 0 Å². The fraction of sp³-hybridized carbons (Fsp3) is 0.192. The minimum Gasteiger partial charge on any atom is -0.317 e. The zero-order valence-corrected chi connectivity index (χ0v) is 19.4. The molecule has 2 heterocycles. The SMILES string of the molecule is Cc1ccc(-n2cccc2/C=C2\C(=O)NC(=S)N(c3ccc(C(C)C)cc3)C2=O)c(C)c1. The molecule has 32 heavy (non-hydrogen) atoms. The Balaban J connectivity index is 1.73. The lowest BCUT2D eigenvalue weighted by molar-refractivity contribution is -0.122. The number of benzene rings is 2. The first-order chi connectivity index (χ1) is 15.3. The van der Waals surface area contributed by atoms with Gasteiger partial charge in [-0.1, -0.05) is 43.7 Å². The lowest BCUT2D eigenvalue weighted by Gasteiger charge is -2.29. The molecule has 1 N–H and O–H groups in total. The number of hydrogen-bond acceptors (Lipinski definition) is 3. The number of amides is 2. The second-order valence-corrected chi connectivity index (χ2v) is 8.68. The molecule has 0 aliphatic carbocycles. The van der Waals surface area contributed by atoms with E-state index in [1.165, 1.54) is 10.5 Å². The summed E-state index contributed by atoms with van der Waals surface area (Å²) in [6, 6.07) is 17.6. The summed E-state index contributed by atoms with van der Waals surface area (Å²) < 4.78 is 1.97. The van der Waals surface area contributed by atoms with Gasteiger partial charge in [0.25, 0.3) is 11.8 Å². The van der Waals surface area contributed by atoms with Gasteiger partial charge in [0.1, 0.15) is 5.57 Å². The highest BCUT2D eigenvalue weighted by molar-refractivity contribution is 7.80. The molecule has 5 nitrogen and oxygen atoms in total. The Morgan fingerprint density at radius 1 is 1.00 bits per heavy atom. The Kier molecular flexibility index (Phi) is 5.80. The smallest absolute Gasteiger partial charge is 0.270 e. The molecule has 162 valence electrons. The molecule has 0 spiro atoms. The number of carbonyl (C=O) groups excluding carboxylic acids is 2. The van der Waals surface area contributed by atoms with E-state index < -0.39 is 11.8 Å². The molecule has 1 aliphatic rings. The van der Waals surface area contributed by atoms with Crippen LogP contribution in [0.1, 0.15) is 42.1 Å². The van der Waals surface area contributed by atoms with Gasteiger partial charge < -0.3 is 4.57 Å². The zero-order valence-electron chi connectivity index (χ0n) is 18.5. The zero-order chi connectivity index (χ0) is 23.0. The molecule has 0 bridgehead atoms. The van der Waals surface area contributed by atoms with Crippen LogP contribution in [-0.4, -0.2) is 21.5 Å². The van der Waals surface area contributed by atoms with E-state index in [-0.39, 0.29) is 10.7 Å². The van der Waals surface area contributed by atoms with Crippen molar-refractivity contribution in [2.24, 2.45) is 0 Å². The molecular formula is C26H25N3O2S. The molecule has 4 rings (SSSR count). The number of nitrogens with zero attached hydrogens (tertiary/aromatic N) is 2. The number of carbonyl (C=O) groups is 2. The van der Waals surface area contributed by atoms with Gasteiger partial charge in [-0.2, -0.15) is 0 Å². The molecule has 1 fully saturated rings. The maximum atomic E-state index is 13.4. The minimum absolute atomic E-state index is 0.0382. The van der Waals surface area contributed by atoms with Crippen molar-refractivity contribution in [1.29, 1.82) is 0 Å². The third-order valence-electron chi connectivity index (χ3n) is 5.60. The van der Waals surface area contributed by atoms with Crippen LogP contribution in [-0.2, 0) is 9.59 Å². The third-order valence-corrected chi connectivity index (χ3v) is 5.89. The number of rotatable bonds is 4. The van der Waals surface area contributed by atoms with Crippen molar-refractivity contribution in [1.82, 2.24) is 9.88 Å². The Morgan fingerprint density at radius 2 is 1.72 bits per heavy atom. The maximum Gasteiger partial charge on any atom is 0.270 e. The molecule has 6 heteroatoms. The van der Waals surface area contributed by atoms with Crippen LogP contribution in [0, 0.1) is 13.8 Å². The van der Waals surface area contributed by atoms with Crippen molar-refractivity contribution in [3.05, 3.63) is 88.8 Å². The molecule has 0 atom stereocenters. The molecule has 2 aromatic carbocycles. The average molecular weight is 444 g/mol. The van der Waals surface area contributed by atoms with Gasteiger partial charge in [-0.15, -0.1) is 0 Å². The summed E-state index contributed by atoms with van der Waals surface area (Å²) in [6.07, 6.45) is 3.54. The third kappa shape index (κ3) is 4.01. The van der Waals surface area contributed by atoms with Gasteiger partial charge in [-0.3, -0.25) is 19.8 Å². The standard InChI is InChI=1S/C26H25N3O2S/c1-16(2)19-8-10-20(11-9-19)29-25(31)22(24(30)27-26(29)32)15-21-6-5-13-28(21)23-12-7-17(3)14-18(23)4/h5-16H,1-4H3,(H,27,30,32)/b22-15+. The fourth-order valence-electron chi connectivity index (χ4n) is 3.85. The Hall–Kier alpha value is -3.51. The van der Waals surface area contributed by atoms with Crippen LogP contribution in [0.4, 0.5) is 5.69 Å². The van der Waals surface area contributed by atoms with Crippen molar-refractivity contribution >= 4 is 40.9 Å². The van der Waals surface area contributed by atoms with Gasteiger partial charge in [0, 0.05) is 17.6 Å². The lowest BCUT2D eigenvalue weighted by Crippen LogP contribution is -2.54. The highest BCUT2D eigenvalue weighted by Gasteiger charge is 2.34. The highest BCUT2D eigenvalue weighted by atomic mass is 32.1. The minimum atomic E-state index is -0.497. The molecule has 2 amide bonds. The van der Waals surface area contributed by atoms with E-state index in [0.29, 0.717) is 11.6 Å². The molecule has 0 saturated carbocycles. The van der Waals surface area contributed by atoms with Crippen molar-refractivity contribution in [3.8, 4) is 5.69 Å². The molecule has 1 saturated heterocycles. The topological polar surface area (TPSA) is 54.3 Å². The van der Waals surface area contributed by atoms with Gasteiger partial charge in [0.05, 0.1) is 5.69 Å². The first-order valence-electron chi connectivity index (χ1n) is 10.5. The van der Waals surface area contributed by atoms with Gasteiger partial charge in [0.15, 0.2) is 5.11 Å². The summed E-state index contributed by atoms with van der Waals surface area (Å²) in [5.41, 5.74) is 5.83. The van der Waals surface area contributed by atoms with Crippen molar-refractivity contribution in [3.63, 3.8) is 0 Å². The first-order valence-corrected chi connectivity index (χ1v) is 10.9. The Labute approximate surface area is 193 Å². The van der Waals surface area contributed by atoms with Gasteiger partial charge in [-0.05, 0) is 79.5 Å². The van der Waals surface area contributed by atoms with Crippen LogP contribution >= 0.6 is 12.2 Å². The number of nitrogens with one attached hydrogen (secondary N) is 1. The summed E-state index contributed by atoms with van der Waals surface area (Å²) in [6.45, 7) is 8.31. The first kappa shape index (κ1) is 21.7. The summed E-state index contributed by atoms with van der Waals surface area (Å²) in [5.74, 6) is -0.561.